The van der Waals surface area contributed by atoms with Crippen LogP contribution in [0.3, 0.4) is 0 Å². The number of rotatable bonds is 4. The van der Waals surface area contributed by atoms with E-state index in [1.807, 2.05) is 23.7 Å². The van der Waals surface area contributed by atoms with E-state index in [9.17, 15) is 13.6 Å². The Morgan fingerprint density at radius 2 is 2.15 bits per heavy atom. The number of fused-ring (bicyclic) bond motifs is 1. The van der Waals surface area contributed by atoms with E-state index in [1.54, 1.807) is 19.6 Å². The van der Waals surface area contributed by atoms with Crippen LogP contribution < -0.4 is 4.74 Å². The number of imidazole rings is 1. The summed E-state index contributed by atoms with van der Waals surface area (Å²) >= 11 is 0. The van der Waals surface area contributed by atoms with Gasteiger partial charge in [-0.3, -0.25) is 9.69 Å². The van der Waals surface area contributed by atoms with Crippen LogP contribution in [0, 0.1) is 0 Å². The molecule has 0 N–H and O–H groups in total. The second kappa shape index (κ2) is 6.56. The maximum atomic E-state index is 13.2. The van der Waals surface area contributed by atoms with Crippen LogP contribution in [0.25, 0.3) is 0 Å². The number of pyridine rings is 1. The average molecular weight is 377 g/mol. The molecule has 2 aliphatic heterocycles. The van der Waals surface area contributed by atoms with E-state index < -0.39 is 24.9 Å². The molecular weight excluding hydrogens is 356 g/mol. The summed E-state index contributed by atoms with van der Waals surface area (Å²) in [4.78, 5) is 24.8. The lowest BCUT2D eigenvalue weighted by Gasteiger charge is -2.42. The third kappa shape index (κ3) is 3.27. The number of amides is 1. The molecular formula is C18H21F2N5O2. The molecule has 9 heteroatoms. The molecule has 1 amide bonds. The third-order valence-electron chi connectivity index (χ3n) is 5.10. The normalized spacial score (nSPS) is 21.5. The summed E-state index contributed by atoms with van der Waals surface area (Å²) in [5.41, 5.74) is 2.52. The molecule has 27 heavy (non-hydrogen) atoms. The lowest BCUT2D eigenvalue weighted by molar-refractivity contribution is -0.168. The first kappa shape index (κ1) is 17.8. The van der Waals surface area contributed by atoms with Gasteiger partial charge in [0.15, 0.2) is 0 Å². The minimum atomic E-state index is -2.78. The van der Waals surface area contributed by atoms with E-state index in [0.717, 1.165) is 17.0 Å². The molecule has 4 heterocycles. The Bertz CT molecular complexity index is 861. The number of aromatic nitrogens is 3. The zero-order chi connectivity index (χ0) is 19.2. The second-order valence-electron chi connectivity index (χ2n) is 7.13. The second-order valence-corrected chi connectivity index (χ2v) is 7.13. The molecule has 7 nitrogen and oxygen atoms in total. The lowest BCUT2D eigenvalue weighted by atomic mass is 9.94. The maximum Gasteiger partial charge on any atom is 0.282 e. The molecule has 0 spiro atoms. The van der Waals surface area contributed by atoms with E-state index in [0.29, 0.717) is 25.5 Å². The Morgan fingerprint density at radius 3 is 2.85 bits per heavy atom. The van der Waals surface area contributed by atoms with E-state index >= 15 is 0 Å². The topological polar surface area (TPSA) is 63.5 Å². The summed E-state index contributed by atoms with van der Waals surface area (Å²) in [5, 5.41) is 0. The number of hydrogen-bond donors (Lipinski definition) is 0. The molecule has 0 radical (unpaired) electrons. The van der Waals surface area contributed by atoms with Gasteiger partial charge in [-0.05, 0) is 6.07 Å². The number of carbonyl (C=O) groups is 1. The van der Waals surface area contributed by atoms with Crippen molar-refractivity contribution in [1.82, 2.24) is 24.3 Å². The molecule has 1 fully saturated rings. The molecule has 0 aliphatic carbocycles. The summed E-state index contributed by atoms with van der Waals surface area (Å²) < 4.78 is 33.6. The molecule has 1 saturated heterocycles. The average Bonchev–Trinajstić information content (AvgIpc) is 3.00. The van der Waals surface area contributed by atoms with E-state index in [-0.39, 0.29) is 5.91 Å². The first-order valence-corrected chi connectivity index (χ1v) is 8.75. The molecule has 144 valence electrons. The van der Waals surface area contributed by atoms with Gasteiger partial charge in [-0.1, -0.05) is 6.07 Å². The number of nitrogens with zero attached hydrogens (tertiary/aromatic N) is 5. The van der Waals surface area contributed by atoms with Crippen molar-refractivity contribution < 1.29 is 18.3 Å². The van der Waals surface area contributed by atoms with Crippen LogP contribution in [0.1, 0.15) is 22.9 Å². The zero-order valence-electron chi connectivity index (χ0n) is 15.2. The monoisotopic (exact) mass is 377 g/mol. The number of halogens is 2. The Morgan fingerprint density at radius 1 is 1.37 bits per heavy atom. The lowest BCUT2D eigenvalue weighted by Crippen LogP contribution is -2.60. The van der Waals surface area contributed by atoms with Gasteiger partial charge in [0.05, 0.1) is 43.8 Å². The molecule has 2 aromatic rings. The first-order chi connectivity index (χ1) is 12.9. The van der Waals surface area contributed by atoms with Crippen LogP contribution in [0.5, 0.6) is 5.88 Å². The number of ether oxygens (including phenoxy) is 1. The van der Waals surface area contributed by atoms with Gasteiger partial charge in [-0.15, -0.1) is 0 Å². The molecule has 0 aromatic carbocycles. The fourth-order valence-corrected chi connectivity index (χ4v) is 3.85. The SMILES string of the molecule is COc1ncccc1CN1Cc2ncn(C)c2C(C(=O)N2CC(F)(F)C2)C1. The quantitative estimate of drug-likeness (QED) is 0.806. The number of hydrogen-bond acceptors (Lipinski definition) is 5. The number of alkyl halides is 2. The highest BCUT2D eigenvalue weighted by Gasteiger charge is 2.49. The van der Waals surface area contributed by atoms with Crippen LogP contribution in [-0.2, 0) is 24.9 Å². The van der Waals surface area contributed by atoms with Gasteiger partial charge in [0, 0.05) is 38.4 Å². The summed E-state index contributed by atoms with van der Waals surface area (Å²) in [5.74, 6) is -3.02. The third-order valence-corrected chi connectivity index (χ3v) is 5.10. The highest BCUT2D eigenvalue weighted by atomic mass is 19.3. The predicted molar refractivity (Wildman–Crippen MR) is 92.4 cm³/mol. The van der Waals surface area contributed by atoms with Crippen LogP contribution in [0.15, 0.2) is 24.7 Å². The smallest absolute Gasteiger partial charge is 0.282 e. The maximum absolute atomic E-state index is 13.2. The Labute approximate surface area is 155 Å². The molecule has 2 aromatic heterocycles. The number of methoxy groups -OCH3 is 1. The van der Waals surface area contributed by atoms with E-state index in [2.05, 4.69) is 14.9 Å². The van der Waals surface area contributed by atoms with Crippen molar-refractivity contribution in [2.75, 3.05) is 26.7 Å². The van der Waals surface area contributed by atoms with Gasteiger partial charge < -0.3 is 14.2 Å². The van der Waals surface area contributed by atoms with Crippen LogP contribution in [-0.4, -0.2) is 62.9 Å². The molecule has 1 unspecified atom stereocenters. The minimum absolute atomic E-state index is 0.270. The molecule has 2 aliphatic rings. The fourth-order valence-electron chi connectivity index (χ4n) is 3.85. The Hall–Kier alpha value is -2.55. The number of likely N-dealkylation sites (tertiary alicyclic amines) is 1. The zero-order valence-corrected chi connectivity index (χ0v) is 15.2. The van der Waals surface area contributed by atoms with Crippen molar-refractivity contribution >= 4 is 5.91 Å². The molecule has 0 bridgehead atoms. The Balaban J connectivity index is 1.58. The van der Waals surface area contributed by atoms with Crippen molar-refractivity contribution in [3.05, 3.63) is 41.6 Å². The molecule has 1 atom stereocenters. The summed E-state index contributed by atoms with van der Waals surface area (Å²) in [6.07, 6.45) is 3.33. The fraction of sp³-hybridized carbons (Fsp3) is 0.500. The van der Waals surface area contributed by atoms with Gasteiger partial charge in [0.2, 0.25) is 11.8 Å². The van der Waals surface area contributed by atoms with Crippen molar-refractivity contribution in [1.29, 1.82) is 0 Å². The van der Waals surface area contributed by atoms with Crippen molar-refractivity contribution in [2.24, 2.45) is 7.05 Å². The van der Waals surface area contributed by atoms with Crippen molar-refractivity contribution in [3.8, 4) is 5.88 Å². The molecule has 0 saturated carbocycles. The van der Waals surface area contributed by atoms with Crippen LogP contribution in [0.4, 0.5) is 8.78 Å². The summed E-state index contributed by atoms with van der Waals surface area (Å²) in [6.45, 7) is 0.532. The van der Waals surface area contributed by atoms with Crippen molar-refractivity contribution in [3.63, 3.8) is 0 Å². The standard InChI is InChI=1S/C18H21F2N5O2/c1-23-11-22-14-8-24(6-12-4-3-5-21-16(12)27-2)7-13(15(14)23)17(26)25-9-18(19,20)10-25/h3-5,11,13H,6-10H2,1-2H3. The largest absolute Gasteiger partial charge is 0.481 e. The van der Waals surface area contributed by atoms with Gasteiger partial charge in [0.25, 0.3) is 5.92 Å². The number of carbonyl (C=O) groups excluding carboxylic acids is 1. The first-order valence-electron chi connectivity index (χ1n) is 8.75. The summed E-state index contributed by atoms with van der Waals surface area (Å²) in [6, 6.07) is 3.76. The summed E-state index contributed by atoms with van der Waals surface area (Å²) in [7, 11) is 3.39. The van der Waals surface area contributed by atoms with Gasteiger partial charge in [0.1, 0.15) is 0 Å². The minimum Gasteiger partial charge on any atom is -0.481 e. The number of aryl methyl sites for hydroxylation is 1. The van der Waals surface area contributed by atoms with Gasteiger partial charge >= 0.3 is 0 Å². The van der Waals surface area contributed by atoms with Crippen LogP contribution in [0.2, 0.25) is 0 Å². The highest BCUT2D eigenvalue weighted by Crippen LogP contribution is 2.34. The van der Waals surface area contributed by atoms with Crippen molar-refractivity contribution in [2.45, 2.75) is 24.9 Å². The van der Waals surface area contributed by atoms with Crippen LogP contribution >= 0.6 is 0 Å². The molecule has 4 rings (SSSR count). The van der Waals surface area contributed by atoms with Gasteiger partial charge in [-0.25, -0.2) is 18.7 Å². The highest BCUT2D eigenvalue weighted by molar-refractivity contribution is 5.85. The van der Waals surface area contributed by atoms with E-state index in [1.165, 1.54) is 4.90 Å². The Kier molecular flexibility index (Phi) is 4.33. The van der Waals surface area contributed by atoms with Gasteiger partial charge in [-0.2, -0.15) is 0 Å². The van der Waals surface area contributed by atoms with E-state index in [4.69, 9.17) is 4.74 Å². The predicted octanol–water partition coefficient (Wildman–Crippen LogP) is 1.40.